The Labute approximate surface area is 148 Å². The maximum atomic E-state index is 13.4. The minimum absolute atomic E-state index is 0.272. The molecule has 0 radical (unpaired) electrons. The largest absolute Gasteiger partial charge is 0.419 e. The van der Waals surface area contributed by atoms with Crippen LogP contribution in [-0.2, 0) is 13.1 Å². The first-order chi connectivity index (χ1) is 12.0. The number of nitrogens with zero attached hydrogens (tertiary/aromatic N) is 6. The van der Waals surface area contributed by atoms with Gasteiger partial charge in [0.1, 0.15) is 12.4 Å². The zero-order valence-electron chi connectivity index (χ0n) is 13.8. The maximum Gasteiger partial charge on any atom is 0.247 e. The van der Waals surface area contributed by atoms with E-state index in [0.29, 0.717) is 23.3 Å². The Morgan fingerprint density at radius 3 is 2.92 bits per heavy atom. The van der Waals surface area contributed by atoms with Crippen LogP contribution in [0.1, 0.15) is 11.6 Å². The number of rotatable bonds is 3. The third-order valence-electron chi connectivity index (χ3n) is 4.07. The standard InChI is InChI=1S/C16H16ClFN6O/c1-22-7-12-14(23(2)9-22)19-16(17)24(12)8-13-20-21-15(25-13)10-4-3-5-11(18)6-10/h3-6H,7-9H2,1-2H3. The van der Waals surface area contributed by atoms with Crippen LogP contribution in [0.2, 0.25) is 5.28 Å². The molecule has 1 aliphatic heterocycles. The van der Waals surface area contributed by atoms with Gasteiger partial charge in [-0.2, -0.15) is 0 Å². The predicted octanol–water partition coefficient (Wildman–Crippen LogP) is 2.61. The highest BCUT2D eigenvalue weighted by Crippen LogP contribution is 2.29. The lowest BCUT2D eigenvalue weighted by Gasteiger charge is -2.31. The lowest BCUT2D eigenvalue weighted by molar-refractivity contribution is 0.304. The molecule has 3 heterocycles. The first kappa shape index (κ1) is 16.0. The van der Waals surface area contributed by atoms with E-state index in [1.54, 1.807) is 12.1 Å². The number of benzene rings is 1. The monoisotopic (exact) mass is 362 g/mol. The summed E-state index contributed by atoms with van der Waals surface area (Å²) in [7, 11) is 4.00. The summed E-state index contributed by atoms with van der Waals surface area (Å²) >= 11 is 6.31. The Kier molecular flexibility index (Phi) is 3.93. The smallest absolute Gasteiger partial charge is 0.247 e. The number of halogens is 2. The molecule has 0 fully saturated rings. The Balaban J connectivity index is 1.64. The van der Waals surface area contributed by atoms with Crippen LogP contribution in [0, 0.1) is 5.82 Å². The van der Waals surface area contributed by atoms with Gasteiger partial charge in [-0.05, 0) is 36.8 Å². The topological polar surface area (TPSA) is 63.2 Å². The van der Waals surface area contributed by atoms with Crippen LogP contribution in [0.15, 0.2) is 28.7 Å². The molecule has 2 aromatic heterocycles. The number of aromatic nitrogens is 4. The molecule has 0 spiro atoms. The Bertz CT molecular complexity index is 923. The van der Waals surface area contributed by atoms with E-state index >= 15 is 0 Å². The van der Waals surface area contributed by atoms with Crippen LogP contribution in [0.5, 0.6) is 0 Å². The molecule has 0 N–H and O–H groups in total. The summed E-state index contributed by atoms with van der Waals surface area (Å²) in [6.07, 6.45) is 0. The first-order valence-corrected chi connectivity index (χ1v) is 8.12. The lowest BCUT2D eigenvalue weighted by Crippen LogP contribution is -2.38. The number of anilines is 1. The normalized spacial score (nSPS) is 14.8. The zero-order valence-corrected chi connectivity index (χ0v) is 14.5. The SMILES string of the molecule is CN1Cc2c(nc(Cl)n2Cc2nnc(-c3cccc(F)c3)o2)N(C)C1. The van der Waals surface area contributed by atoms with Gasteiger partial charge in [0, 0.05) is 19.2 Å². The minimum atomic E-state index is -0.352. The fraction of sp³-hybridized carbons (Fsp3) is 0.312. The highest BCUT2D eigenvalue weighted by atomic mass is 35.5. The second-order valence-corrected chi connectivity index (χ2v) is 6.44. The molecular weight excluding hydrogens is 347 g/mol. The molecule has 130 valence electrons. The quantitative estimate of drug-likeness (QED) is 0.713. The maximum absolute atomic E-state index is 13.4. The number of hydrogen-bond donors (Lipinski definition) is 0. The highest BCUT2D eigenvalue weighted by Gasteiger charge is 2.26. The Morgan fingerprint density at radius 2 is 2.12 bits per heavy atom. The van der Waals surface area contributed by atoms with Crippen molar-refractivity contribution in [1.29, 1.82) is 0 Å². The summed E-state index contributed by atoms with van der Waals surface area (Å²) in [5.41, 5.74) is 1.53. The van der Waals surface area contributed by atoms with Crippen LogP contribution < -0.4 is 4.90 Å². The fourth-order valence-corrected chi connectivity index (χ4v) is 3.23. The second-order valence-electron chi connectivity index (χ2n) is 6.10. The van der Waals surface area contributed by atoms with E-state index in [2.05, 4.69) is 20.1 Å². The summed E-state index contributed by atoms with van der Waals surface area (Å²) in [6.45, 7) is 1.82. The summed E-state index contributed by atoms with van der Waals surface area (Å²) < 4.78 is 20.9. The highest BCUT2D eigenvalue weighted by molar-refractivity contribution is 6.28. The van der Waals surface area contributed by atoms with Crippen molar-refractivity contribution in [2.24, 2.45) is 0 Å². The van der Waals surface area contributed by atoms with Crippen molar-refractivity contribution < 1.29 is 8.81 Å². The molecule has 0 aliphatic carbocycles. The first-order valence-electron chi connectivity index (χ1n) is 7.74. The molecule has 0 unspecified atom stereocenters. The summed E-state index contributed by atoms with van der Waals surface area (Å²) in [5.74, 6) is 1.16. The molecule has 0 saturated carbocycles. The van der Waals surface area contributed by atoms with E-state index in [1.165, 1.54) is 12.1 Å². The minimum Gasteiger partial charge on any atom is -0.419 e. The van der Waals surface area contributed by atoms with Gasteiger partial charge < -0.3 is 13.9 Å². The van der Waals surface area contributed by atoms with Crippen molar-refractivity contribution in [3.8, 4) is 11.5 Å². The summed E-state index contributed by atoms with van der Waals surface area (Å²) in [5, 5.41) is 8.42. The summed E-state index contributed by atoms with van der Waals surface area (Å²) in [6, 6.07) is 6.04. The van der Waals surface area contributed by atoms with Gasteiger partial charge in [0.15, 0.2) is 5.82 Å². The van der Waals surface area contributed by atoms with Crippen molar-refractivity contribution in [2.75, 3.05) is 25.7 Å². The van der Waals surface area contributed by atoms with Gasteiger partial charge in [0.05, 0.1) is 12.4 Å². The van der Waals surface area contributed by atoms with E-state index in [4.69, 9.17) is 16.0 Å². The second kappa shape index (κ2) is 6.12. The molecule has 0 amide bonds. The molecule has 0 atom stereocenters. The molecule has 1 aromatic carbocycles. The molecule has 7 nitrogen and oxygen atoms in total. The molecule has 0 bridgehead atoms. The molecule has 9 heteroatoms. The van der Waals surface area contributed by atoms with Gasteiger partial charge in [-0.3, -0.25) is 4.90 Å². The van der Waals surface area contributed by atoms with Crippen LogP contribution in [0.25, 0.3) is 11.5 Å². The number of imidazole rings is 1. The molecule has 4 rings (SSSR count). The Hall–Kier alpha value is -2.45. The van der Waals surface area contributed by atoms with E-state index in [0.717, 1.165) is 24.7 Å². The van der Waals surface area contributed by atoms with Crippen LogP contribution in [-0.4, -0.2) is 45.4 Å². The van der Waals surface area contributed by atoms with Crippen LogP contribution in [0.4, 0.5) is 10.2 Å². The number of hydrogen-bond acceptors (Lipinski definition) is 6. The van der Waals surface area contributed by atoms with Gasteiger partial charge in [-0.25, -0.2) is 9.37 Å². The van der Waals surface area contributed by atoms with E-state index in [-0.39, 0.29) is 11.7 Å². The van der Waals surface area contributed by atoms with E-state index in [9.17, 15) is 4.39 Å². The van der Waals surface area contributed by atoms with Gasteiger partial charge in [-0.1, -0.05) is 6.07 Å². The molecule has 3 aromatic rings. The van der Waals surface area contributed by atoms with Crippen molar-refractivity contribution in [3.05, 3.63) is 47.0 Å². The van der Waals surface area contributed by atoms with Crippen molar-refractivity contribution in [1.82, 2.24) is 24.6 Å². The average Bonchev–Trinajstić information content (AvgIpc) is 3.15. The molecular formula is C16H16ClFN6O. The predicted molar refractivity (Wildman–Crippen MR) is 90.8 cm³/mol. The third kappa shape index (κ3) is 2.98. The average molecular weight is 363 g/mol. The van der Waals surface area contributed by atoms with Crippen molar-refractivity contribution in [3.63, 3.8) is 0 Å². The molecule has 1 aliphatic rings. The van der Waals surface area contributed by atoms with Gasteiger partial charge in [-0.15, -0.1) is 10.2 Å². The van der Waals surface area contributed by atoms with Crippen molar-refractivity contribution in [2.45, 2.75) is 13.1 Å². The zero-order chi connectivity index (χ0) is 17.6. The molecule has 0 saturated heterocycles. The lowest BCUT2D eigenvalue weighted by atomic mass is 10.2. The van der Waals surface area contributed by atoms with E-state index in [1.807, 2.05) is 23.6 Å². The number of fused-ring (bicyclic) bond motifs is 1. The van der Waals surface area contributed by atoms with Crippen molar-refractivity contribution >= 4 is 17.4 Å². The van der Waals surface area contributed by atoms with Crippen LogP contribution >= 0.6 is 11.6 Å². The molecule has 25 heavy (non-hydrogen) atoms. The van der Waals surface area contributed by atoms with Gasteiger partial charge in [0.25, 0.3) is 0 Å². The fourth-order valence-electron chi connectivity index (χ4n) is 2.99. The van der Waals surface area contributed by atoms with Crippen LogP contribution in [0.3, 0.4) is 0 Å². The summed E-state index contributed by atoms with van der Waals surface area (Å²) in [4.78, 5) is 8.62. The third-order valence-corrected chi connectivity index (χ3v) is 4.36. The van der Waals surface area contributed by atoms with Gasteiger partial charge >= 0.3 is 0 Å². The van der Waals surface area contributed by atoms with Gasteiger partial charge in [0.2, 0.25) is 17.1 Å². The van der Waals surface area contributed by atoms with E-state index < -0.39 is 0 Å². The Morgan fingerprint density at radius 1 is 1.28 bits per heavy atom.